The van der Waals surface area contributed by atoms with Crippen molar-refractivity contribution < 1.29 is 5.11 Å². The van der Waals surface area contributed by atoms with Crippen molar-refractivity contribution in [2.24, 2.45) is 0 Å². The van der Waals surface area contributed by atoms with Gasteiger partial charge in [-0.1, -0.05) is 0 Å². The molecule has 0 aliphatic heterocycles. The second-order valence-corrected chi connectivity index (χ2v) is 2.28. The number of nitrogens with one attached hydrogen (secondary N) is 1. The van der Waals surface area contributed by atoms with Crippen LogP contribution in [0.2, 0.25) is 0 Å². The highest BCUT2D eigenvalue weighted by Crippen LogP contribution is 2.12. The van der Waals surface area contributed by atoms with Gasteiger partial charge in [0.05, 0.1) is 6.33 Å². The number of aromatic nitrogens is 4. The molecular formula is C6H7N5O. The zero-order valence-corrected chi connectivity index (χ0v) is 6.15. The summed E-state index contributed by atoms with van der Waals surface area (Å²) in [7, 11) is 0. The van der Waals surface area contributed by atoms with Crippen molar-refractivity contribution >= 4 is 17.0 Å². The van der Waals surface area contributed by atoms with E-state index in [1.807, 2.05) is 0 Å². The lowest BCUT2D eigenvalue weighted by Crippen LogP contribution is -2.00. The molecule has 0 spiro atoms. The Hall–Kier alpha value is -1.69. The van der Waals surface area contributed by atoms with E-state index in [0.29, 0.717) is 17.0 Å². The first-order valence-electron chi connectivity index (χ1n) is 3.37. The van der Waals surface area contributed by atoms with Gasteiger partial charge in [-0.25, -0.2) is 15.0 Å². The van der Waals surface area contributed by atoms with Crippen molar-refractivity contribution in [2.45, 2.75) is 6.61 Å². The Kier molecular flexibility index (Phi) is 1.41. The maximum absolute atomic E-state index is 8.74. The molecule has 0 bridgehead atoms. The summed E-state index contributed by atoms with van der Waals surface area (Å²) >= 11 is 0. The van der Waals surface area contributed by atoms with Crippen LogP contribution < -0.4 is 5.73 Å². The number of rotatable bonds is 1. The number of H-pyrrole nitrogens is 1. The molecule has 2 heterocycles. The van der Waals surface area contributed by atoms with Crippen LogP contribution >= 0.6 is 0 Å². The molecule has 0 aromatic carbocycles. The second kappa shape index (κ2) is 2.42. The van der Waals surface area contributed by atoms with Gasteiger partial charge in [0, 0.05) is 0 Å². The fourth-order valence-corrected chi connectivity index (χ4v) is 0.973. The molecule has 62 valence electrons. The predicted molar refractivity (Wildman–Crippen MR) is 42.0 cm³/mol. The van der Waals surface area contributed by atoms with E-state index in [-0.39, 0.29) is 12.4 Å². The number of nitrogen functional groups attached to an aromatic ring is 1. The molecule has 2 aromatic heterocycles. The average Bonchev–Trinajstić information content (AvgIpc) is 2.52. The number of fused-ring (bicyclic) bond motifs is 1. The lowest BCUT2D eigenvalue weighted by Gasteiger charge is -1.96. The number of nitrogens with two attached hydrogens (primary N) is 1. The van der Waals surface area contributed by atoms with Gasteiger partial charge in [0.1, 0.15) is 12.1 Å². The Bertz CT molecular complexity index is 409. The first-order valence-corrected chi connectivity index (χ1v) is 3.37. The van der Waals surface area contributed by atoms with Gasteiger partial charge >= 0.3 is 0 Å². The standard InChI is InChI=1S/C6H7N5O/c7-5-4-6(9-2-8-4)11-3(1-12)10-5/h2,12H,1H2,(H3,7,8,9,10,11). The summed E-state index contributed by atoms with van der Waals surface area (Å²) in [5.74, 6) is 0.591. The van der Waals surface area contributed by atoms with Gasteiger partial charge in [0.25, 0.3) is 0 Å². The van der Waals surface area contributed by atoms with Gasteiger partial charge in [-0.2, -0.15) is 0 Å². The Balaban J connectivity index is 2.75. The second-order valence-electron chi connectivity index (χ2n) is 2.28. The predicted octanol–water partition coefficient (Wildman–Crippen LogP) is -0.573. The molecule has 0 aliphatic rings. The summed E-state index contributed by atoms with van der Waals surface area (Å²) in [4.78, 5) is 14.5. The number of aliphatic hydroxyl groups is 1. The Morgan fingerprint density at radius 3 is 3.08 bits per heavy atom. The zero-order chi connectivity index (χ0) is 8.55. The summed E-state index contributed by atoms with van der Waals surface area (Å²) in [6.07, 6.45) is 1.48. The summed E-state index contributed by atoms with van der Waals surface area (Å²) in [6.45, 7) is -0.229. The minimum Gasteiger partial charge on any atom is -0.388 e. The lowest BCUT2D eigenvalue weighted by atomic mass is 10.5. The molecule has 0 unspecified atom stereocenters. The quantitative estimate of drug-likeness (QED) is 0.525. The molecular weight excluding hydrogens is 158 g/mol. The third-order valence-electron chi connectivity index (χ3n) is 1.50. The number of hydrogen-bond acceptors (Lipinski definition) is 5. The summed E-state index contributed by atoms with van der Waals surface area (Å²) in [6, 6.07) is 0. The van der Waals surface area contributed by atoms with Crippen molar-refractivity contribution in [1.82, 2.24) is 19.9 Å². The van der Waals surface area contributed by atoms with Crippen LogP contribution in [0.4, 0.5) is 5.82 Å². The molecule has 0 aliphatic carbocycles. The van der Waals surface area contributed by atoms with E-state index in [1.165, 1.54) is 6.33 Å². The summed E-state index contributed by atoms with van der Waals surface area (Å²) in [5, 5.41) is 8.74. The van der Waals surface area contributed by atoms with E-state index in [0.717, 1.165) is 0 Å². The van der Waals surface area contributed by atoms with Crippen molar-refractivity contribution in [3.8, 4) is 0 Å². The van der Waals surface area contributed by atoms with E-state index in [9.17, 15) is 0 Å². The Morgan fingerprint density at radius 1 is 1.50 bits per heavy atom. The topological polar surface area (TPSA) is 101 Å². The minimum absolute atomic E-state index is 0.229. The van der Waals surface area contributed by atoms with Crippen LogP contribution in [0.15, 0.2) is 6.33 Å². The number of hydrogen-bond donors (Lipinski definition) is 3. The van der Waals surface area contributed by atoms with Gasteiger partial charge in [0.15, 0.2) is 17.3 Å². The van der Waals surface area contributed by atoms with Crippen molar-refractivity contribution in [3.63, 3.8) is 0 Å². The van der Waals surface area contributed by atoms with E-state index >= 15 is 0 Å². The molecule has 0 saturated heterocycles. The molecule has 0 radical (unpaired) electrons. The zero-order valence-electron chi connectivity index (χ0n) is 6.15. The van der Waals surface area contributed by atoms with Gasteiger partial charge in [0.2, 0.25) is 0 Å². The minimum atomic E-state index is -0.229. The van der Waals surface area contributed by atoms with Crippen LogP contribution in [-0.4, -0.2) is 25.0 Å². The van der Waals surface area contributed by atoms with Crippen molar-refractivity contribution in [3.05, 3.63) is 12.2 Å². The Labute approximate surface area is 67.5 Å². The van der Waals surface area contributed by atoms with Crippen LogP contribution in [0.25, 0.3) is 11.2 Å². The third-order valence-corrected chi connectivity index (χ3v) is 1.50. The molecule has 0 saturated carbocycles. The third kappa shape index (κ3) is 0.892. The molecule has 6 heteroatoms. The van der Waals surface area contributed by atoms with Crippen LogP contribution in [0.3, 0.4) is 0 Å². The number of nitrogens with zero attached hydrogens (tertiary/aromatic N) is 3. The fraction of sp³-hybridized carbons (Fsp3) is 0.167. The molecule has 6 nitrogen and oxygen atoms in total. The highest BCUT2D eigenvalue weighted by molar-refractivity contribution is 5.80. The number of aromatic amines is 1. The molecule has 4 N–H and O–H groups in total. The van der Waals surface area contributed by atoms with Crippen LogP contribution in [-0.2, 0) is 6.61 Å². The molecule has 0 amide bonds. The molecule has 2 aromatic rings. The molecule has 0 fully saturated rings. The lowest BCUT2D eigenvalue weighted by molar-refractivity contribution is 0.272. The van der Waals surface area contributed by atoms with Crippen LogP contribution in [0.5, 0.6) is 0 Å². The van der Waals surface area contributed by atoms with Crippen LogP contribution in [0.1, 0.15) is 5.82 Å². The summed E-state index contributed by atoms with van der Waals surface area (Å²) < 4.78 is 0. The number of anilines is 1. The SMILES string of the molecule is Nc1nc(CO)nc2nc[nH]c12. The van der Waals surface area contributed by atoms with E-state index < -0.39 is 0 Å². The smallest absolute Gasteiger partial charge is 0.183 e. The van der Waals surface area contributed by atoms with Crippen molar-refractivity contribution in [1.29, 1.82) is 0 Å². The van der Waals surface area contributed by atoms with Gasteiger partial charge in [-0.3, -0.25) is 0 Å². The van der Waals surface area contributed by atoms with E-state index in [1.54, 1.807) is 0 Å². The van der Waals surface area contributed by atoms with Crippen LogP contribution in [0, 0.1) is 0 Å². The Morgan fingerprint density at radius 2 is 2.33 bits per heavy atom. The number of imidazole rings is 1. The van der Waals surface area contributed by atoms with Gasteiger partial charge in [-0.05, 0) is 0 Å². The van der Waals surface area contributed by atoms with Gasteiger partial charge in [-0.15, -0.1) is 0 Å². The molecule has 12 heavy (non-hydrogen) atoms. The highest BCUT2D eigenvalue weighted by Gasteiger charge is 2.05. The van der Waals surface area contributed by atoms with E-state index in [2.05, 4.69) is 19.9 Å². The highest BCUT2D eigenvalue weighted by atomic mass is 16.3. The maximum Gasteiger partial charge on any atom is 0.183 e. The molecule has 2 rings (SSSR count). The van der Waals surface area contributed by atoms with Crippen molar-refractivity contribution in [2.75, 3.05) is 5.73 Å². The number of aliphatic hydroxyl groups excluding tert-OH is 1. The summed E-state index contributed by atoms with van der Waals surface area (Å²) in [5.41, 5.74) is 6.63. The first-order chi connectivity index (χ1) is 5.81. The normalized spacial score (nSPS) is 10.8. The first kappa shape index (κ1) is 6.99. The fourth-order valence-electron chi connectivity index (χ4n) is 0.973. The van der Waals surface area contributed by atoms with E-state index in [4.69, 9.17) is 10.8 Å². The maximum atomic E-state index is 8.74. The average molecular weight is 165 g/mol. The largest absolute Gasteiger partial charge is 0.388 e. The monoisotopic (exact) mass is 165 g/mol. The van der Waals surface area contributed by atoms with Gasteiger partial charge < -0.3 is 15.8 Å². The molecule has 0 atom stereocenters.